The summed E-state index contributed by atoms with van der Waals surface area (Å²) < 4.78 is 0. The summed E-state index contributed by atoms with van der Waals surface area (Å²) in [4.78, 5) is 27.2. The molecule has 122 valence electrons. The van der Waals surface area contributed by atoms with Gasteiger partial charge in [0.15, 0.2) is 0 Å². The molecule has 0 radical (unpaired) electrons. The second-order valence-electron chi connectivity index (χ2n) is 6.19. The summed E-state index contributed by atoms with van der Waals surface area (Å²) in [6.07, 6.45) is 7.20. The highest BCUT2D eigenvalue weighted by atomic mass is 16.3. The van der Waals surface area contributed by atoms with Crippen molar-refractivity contribution >= 4 is 17.5 Å². The molecule has 2 amide bonds. The molecule has 5 heteroatoms. The molecule has 5 nitrogen and oxygen atoms in total. The normalized spacial score (nSPS) is 23.7. The van der Waals surface area contributed by atoms with E-state index < -0.39 is 0 Å². The molecule has 1 aromatic rings. The van der Waals surface area contributed by atoms with Crippen LogP contribution >= 0.6 is 0 Å². The van der Waals surface area contributed by atoms with Crippen molar-refractivity contribution in [2.45, 2.75) is 25.7 Å². The van der Waals surface area contributed by atoms with E-state index in [1.807, 2.05) is 17.1 Å². The second-order valence-corrected chi connectivity index (χ2v) is 6.19. The highest BCUT2D eigenvalue weighted by Gasteiger charge is 2.37. The molecule has 1 aliphatic heterocycles. The van der Waals surface area contributed by atoms with Gasteiger partial charge in [0.1, 0.15) is 5.75 Å². The van der Waals surface area contributed by atoms with Crippen LogP contribution < -0.4 is 5.32 Å². The number of likely N-dealkylation sites (tertiary alicyclic amines) is 1. The molecule has 0 spiro atoms. The quantitative estimate of drug-likeness (QED) is 0.665. The van der Waals surface area contributed by atoms with Crippen LogP contribution in [0.4, 0.5) is 5.69 Å². The lowest BCUT2D eigenvalue weighted by Crippen LogP contribution is -2.42. The van der Waals surface area contributed by atoms with Crippen molar-refractivity contribution in [1.29, 1.82) is 0 Å². The molecule has 23 heavy (non-hydrogen) atoms. The van der Waals surface area contributed by atoms with E-state index in [0.717, 1.165) is 25.9 Å². The molecule has 1 aromatic carbocycles. The van der Waals surface area contributed by atoms with E-state index >= 15 is 0 Å². The first-order chi connectivity index (χ1) is 11.2. The van der Waals surface area contributed by atoms with Gasteiger partial charge in [0.2, 0.25) is 11.8 Å². The molecule has 0 bridgehead atoms. The Kier molecular flexibility index (Phi) is 4.65. The molecular weight excluding hydrogens is 292 g/mol. The van der Waals surface area contributed by atoms with Crippen LogP contribution in [0.15, 0.2) is 36.4 Å². The summed E-state index contributed by atoms with van der Waals surface area (Å²) in [5, 5.41) is 12.6. The molecule has 1 heterocycles. The lowest BCUT2D eigenvalue weighted by molar-refractivity contribution is -0.139. The average molecular weight is 314 g/mol. The Morgan fingerprint density at radius 2 is 1.70 bits per heavy atom. The topological polar surface area (TPSA) is 69.6 Å². The monoisotopic (exact) mass is 314 g/mol. The summed E-state index contributed by atoms with van der Waals surface area (Å²) in [5.41, 5.74) is 0.388. The van der Waals surface area contributed by atoms with Gasteiger partial charge >= 0.3 is 0 Å². The molecule has 0 saturated carbocycles. The third kappa shape index (κ3) is 3.38. The van der Waals surface area contributed by atoms with Crippen molar-refractivity contribution in [3.63, 3.8) is 0 Å². The highest BCUT2D eigenvalue weighted by Crippen LogP contribution is 2.31. The first kappa shape index (κ1) is 15.6. The predicted octanol–water partition coefficient (Wildman–Crippen LogP) is 2.54. The number of benzene rings is 1. The lowest BCUT2D eigenvalue weighted by atomic mass is 9.81. The maximum absolute atomic E-state index is 12.7. The second kappa shape index (κ2) is 6.86. The Labute approximate surface area is 136 Å². The van der Waals surface area contributed by atoms with E-state index in [4.69, 9.17) is 0 Å². The molecule has 0 aromatic heterocycles. The molecule has 2 unspecified atom stereocenters. The number of phenols is 1. The number of allylic oxidation sites excluding steroid dienone is 2. The van der Waals surface area contributed by atoms with Crippen LogP contribution in [0, 0.1) is 11.8 Å². The lowest BCUT2D eigenvalue weighted by Gasteiger charge is -2.30. The number of nitrogens with zero attached hydrogens (tertiary/aromatic N) is 1. The summed E-state index contributed by atoms with van der Waals surface area (Å²) in [7, 11) is 0. The standard InChI is InChI=1S/C18H22N2O3/c21-16-10-4-3-9-15(16)19-17(22)13-7-1-2-8-14(13)18(23)20-11-5-6-12-20/h1-4,9-10,13-14,21H,5-8,11-12H2,(H,19,22). The van der Waals surface area contributed by atoms with Gasteiger partial charge in [0, 0.05) is 13.1 Å². The fraction of sp³-hybridized carbons (Fsp3) is 0.444. The zero-order valence-corrected chi connectivity index (χ0v) is 13.1. The zero-order valence-electron chi connectivity index (χ0n) is 13.1. The summed E-state index contributed by atoms with van der Waals surface area (Å²) in [6.45, 7) is 1.60. The van der Waals surface area contributed by atoms with E-state index in [1.54, 1.807) is 18.2 Å². The van der Waals surface area contributed by atoms with Gasteiger partial charge in [-0.1, -0.05) is 24.3 Å². The number of hydrogen-bond donors (Lipinski definition) is 2. The number of para-hydroxylation sites is 2. The summed E-state index contributed by atoms with van der Waals surface area (Å²) >= 11 is 0. The van der Waals surface area contributed by atoms with Gasteiger partial charge in [-0.3, -0.25) is 9.59 Å². The van der Waals surface area contributed by atoms with Crippen LogP contribution in [-0.2, 0) is 9.59 Å². The van der Waals surface area contributed by atoms with Gasteiger partial charge in [0.05, 0.1) is 17.5 Å². The number of aromatic hydroxyl groups is 1. The van der Waals surface area contributed by atoms with E-state index in [9.17, 15) is 14.7 Å². The molecule has 2 N–H and O–H groups in total. The molecular formula is C18H22N2O3. The minimum atomic E-state index is -0.382. The fourth-order valence-corrected chi connectivity index (χ4v) is 3.35. The minimum Gasteiger partial charge on any atom is -0.506 e. The molecule has 2 aliphatic rings. The SMILES string of the molecule is O=C(Nc1ccccc1O)C1CC=CCC1C(=O)N1CCCC1. The largest absolute Gasteiger partial charge is 0.506 e. The van der Waals surface area contributed by atoms with Gasteiger partial charge < -0.3 is 15.3 Å². The van der Waals surface area contributed by atoms with Crippen LogP contribution in [0.3, 0.4) is 0 Å². The van der Waals surface area contributed by atoms with Gasteiger partial charge in [-0.2, -0.15) is 0 Å². The third-order valence-electron chi connectivity index (χ3n) is 4.67. The van der Waals surface area contributed by atoms with Crippen molar-refractivity contribution in [2.75, 3.05) is 18.4 Å². The van der Waals surface area contributed by atoms with Crippen molar-refractivity contribution < 1.29 is 14.7 Å². The van der Waals surface area contributed by atoms with E-state index in [0.29, 0.717) is 18.5 Å². The van der Waals surface area contributed by atoms with Crippen LogP contribution in [0.1, 0.15) is 25.7 Å². The Hall–Kier alpha value is -2.30. The molecule has 2 atom stereocenters. The Morgan fingerprint density at radius 3 is 2.39 bits per heavy atom. The van der Waals surface area contributed by atoms with Crippen molar-refractivity contribution in [3.05, 3.63) is 36.4 Å². The maximum Gasteiger partial charge on any atom is 0.228 e. The molecule has 3 rings (SSSR count). The number of amides is 2. The first-order valence-electron chi connectivity index (χ1n) is 8.19. The first-order valence-corrected chi connectivity index (χ1v) is 8.19. The Bertz CT molecular complexity index is 620. The van der Waals surface area contributed by atoms with Gasteiger partial charge in [-0.15, -0.1) is 0 Å². The van der Waals surface area contributed by atoms with Gasteiger partial charge in [-0.25, -0.2) is 0 Å². The maximum atomic E-state index is 12.7. The van der Waals surface area contributed by atoms with E-state index in [-0.39, 0.29) is 29.4 Å². The van der Waals surface area contributed by atoms with Crippen LogP contribution in [0.2, 0.25) is 0 Å². The van der Waals surface area contributed by atoms with Crippen molar-refractivity contribution in [3.8, 4) is 5.75 Å². The van der Waals surface area contributed by atoms with Crippen molar-refractivity contribution in [1.82, 2.24) is 4.90 Å². The number of hydrogen-bond acceptors (Lipinski definition) is 3. The Balaban J connectivity index is 1.73. The van der Waals surface area contributed by atoms with E-state index in [2.05, 4.69) is 5.32 Å². The van der Waals surface area contributed by atoms with Gasteiger partial charge in [-0.05, 0) is 37.8 Å². The molecule has 1 saturated heterocycles. The summed E-state index contributed by atoms with van der Waals surface area (Å²) in [6, 6.07) is 6.64. The number of nitrogens with one attached hydrogen (secondary N) is 1. The fourth-order valence-electron chi connectivity index (χ4n) is 3.35. The smallest absolute Gasteiger partial charge is 0.228 e. The van der Waals surface area contributed by atoms with E-state index in [1.165, 1.54) is 6.07 Å². The average Bonchev–Trinajstić information content (AvgIpc) is 3.11. The minimum absolute atomic E-state index is 0.0367. The third-order valence-corrected chi connectivity index (χ3v) is 4.67. The number of carbonyl (C=O) groups excluding carboxylic acids is 2. The Morgan fingerprint density at radius 1 is 1.04 bits per heavy atom. The number of phenolic OH excluding ortho intramolecular Hbond substituents is 1. The number of anilines is 1. The van der Waals surface area contributed by atoms with Crippen molar-refractivity contribution in [2.24, 2.45) is 11.8 Å². The predicted molar refractivity (Wildman–Crippen MR) is 87.9 cm³/mol. The summed E-state index contributed by atoms with van der Waals surface area (Å²) in [5.74, 6) is -0.760. The highest BCUT2D eigenvalue weighted by molar-refractivity contribution is 5.97. The zero-order chi connectivity index (χ0) is 16.2. The van der Waals surface area contributed by atoms with Crippen LogP contribution in [0.5, 0.6) is 5.75 Å². The van der Waals surface area contributed by atoms with Gasteiger partial charge in [0.25, 0.3) is 0 Å². The number of carbonyl (C=O) groups is 2. The number of rotatable bonds is 3. The van der Waals surface area contributed by atoms with Crippen LogP contribution in [0.25, 0.3) is 0 Å². The molecule has 1 aliphatic carbocycles. The van der Waals surface area contributed by atoms with Crippen LogP contribution in [-0.4, -0.2) is 34.9 Å². The molecule has 1 fully saturated rings.